The number of hydrogen-bond donors (Lipinski definition) is 1. The molecule has 3 heterocycles. The van der Waals surface area contributed by atoms with Gasteiger partial charge >= 0.3 is 0 Å². The van der Waals surface area contributed by atoms with E-state index in [-0.39, 0.29) is 40.8 Å². The zero-order chi connectivity index (χ0) is 21.0. The zero-order valence-electron chi connectivity index (χ0n) is 17.0. The predicted molar refractivity (Wildman–Crippen MR) is 108 cm³/mol. The van der Waals surface area contributed by atoms with Crippen LogP contribution in [-0.4, -0.2) is 34.9 Å². The van der Waals surface area contributed by atoms with Gasteiger partial charge in [0, 0.05) is 23.8 Å². The highest BCUT2D eigenvalue weighted by Crippen LogP contribution is 2.48. The first-order valence-electron chi connectivity index (χ1n) is 10.00. The van der Waals surface area contributed by atoms with Crippen molar-refractivity contribution < 1.29 is 17.9 Å². The highest BCUT2D eigenvalue weighted by molar-refractivity contribution is 7.89. The molecule has 156 valence electrons. The van der Waals surface area contributed by atoms with Crippen molar-refractivity contribution in [2.24, 2.45) is 0 Å². The molecule has 2 aliphatic rings. The molecule has 2 unspecified atom stereocenters. The van der Waals surface area contributed by atoms with Gasteiger partial charge in [0.15, 0.2) is 0 Å². The van der Waals surface area contributed by atoms with Crippen molar-refractivity contribution in [1.29, 1.82) is 0 Å². The summed E-state index contributed by atoms with van der Waals surface area (Å²) in [5, 5.41) is 11.2. The van der Waals surface area contributed by atoms with Crippen LogP contribution in [0.5, 0.6) is 0 Å². The van der Waals surface area contributed by atoms with Crippen LogP contribution in [0.4, 0.5) is 4.39 Å². The maximum Gasteiger partial charge on any atom is 0.243 e. The Bertz CT molecular complexity index is 1000. The largest absolute Gasteiger partial charge is 0.385 e. The van der Waals surface area contributed by atoms with E-state index in [0.29, 0.717) is 12.8 Å². The van der Waals surface area contributed by atoms with Gasteiger partial charge in [-0.3, -0.25) is 0 Å². The van der Waals surface area contributed by atoms with Gasteiger partial charge in [0.05, 0.1) is 10.5 Å². The first-order chi connectivity index (χ1) is 13.5. The summed E-state index contributed by atoms with van der Waals surface area (Å²) >= 11 is 0. The third kappa shape index (κ3) is 3.49. The van der Waals surface area contributed by atoms with E-state index in [9.17, 15) is 17.9 Å². The molecule has 2 atom stereocenters. The lowest BCUT2D eigenvalue weighted by molar-refractivity contribution is -0.0370. The predicted octanol–water partition coefficient (Wildman–Crippen LogP) is 3.72. The van der Waals surface area contributed by atoms with Crippen molar-refractivity contribution in [3.8, 4) is 0 Å². The van der Waals surface area contributed by atoms with Crippen molar-refractivity contribution in [1.82, 2.24) is 9.29 Å². The molecule has 5 nitrogen and oxygen atoms in total. The monoisotopic (exact) mass is 418 g/mol. The minimum Gasteiger partial charge on any atom is -0.385 e. The second-order valence-electron chi connectivity index (χ2n) is 9.28. The fraction of sp³-hybridized carbons (Fsp3) is 0.500. The molecule has 2 aromatic rings. The normalized spacial score (nSPS) is 27.9. The molecule has 0 saturated carbocycles. The number of piperidine rings is 1. The molecule has 29 heavy (non-hydrogen) atoms. The maximum atomic E-state index is 14.2. The van der Waals surface area contributed by atoms with E-state index in [1.54, 1.807) is 22.5 Å². The standard InChI is InChI=1S/C22H27FN2O3S/c1-21(2,3)15-6-10-18(11-7-15)29(27,28)25-16-8-9-17(25)14-22(26,13-16)19-5-4-12-24-20(19)23/h4-7,10-12,16-17,26H,8-9,13-14H2,1-3H3. The van der Waals surface area contributed by atoms with Crippen LogP contribution in [0.1, 0.15) is 57.6 Å². The number of aliphatic hydroxyl groups is 1. The van der Waals surface area contributed by atoms with Crippen molar-refractivity contribution in [3.63, 3.8) is 0 Å². The molecule has 2 bridgehead atoms. The fourth-order valence-corrected chi connectivity index (χ4v) is 6.65. The molecule has 1 aromatic carbocycles. The van der Waals surface area contributed by atoms with Crippen LogP contribution in [0.15, 0.2) is 47.5 Å². The van der Waals surface area contributed by atoms with Gasteiger partial charge in [-0.1, -0.05) is 39.0 Å². The van der Waals surface area contributed by atoms with E-state index in [1.807, 2.05) is 12.1 Å². The summed E-state index contributed by atoms with van der Waals surface area (Å²) in [5.41, 5.74) is -0.230. The molecule has 2 fully saturated rings. The highest BCUT2D eigenvalue weighted by atomic mass is 32.2. The molecular weight excluding hydrogens is 391 g/mol. The Balaban J connectivity index is 1.64. The summed E-state index contributed by atoms with van der Waals surface area (Å²) in [4.78, 5) is 3.92. The lowest BCUT2D eigenvalue weighted by atomic mass is 9.82. The van der Waals surface area contributed by atoms with Crippen LogP contribution >= 0.6 is 0 Å². The molecule has 4 rings (SSSR count). The fourth-order valence-electron chi connectivity index (χ4n) is 4.78. The van der Waals surface area contributed by atoms with Crippen molar-refractivity contribution in [2.75, 3.05) is 0 Å². The lowest BCUT2D eigenvalue weighted by Gasteiger charge is -2.43. The molecule has 1 aromatic heterocycles. The Morgan fingerprint density at radius 2 is 1.69 bits per heavy atom. The minimum atomic E-state index is -3.69. The lowest BCUT2D eigenvalue weighted by Crippen LogP contribution is -2.52. The molecule has 0 radical (unpaired) electrons. The molecular formula is C22H27FN2O3S. The molecule has 2 aliphatic heterocycles. The van der Waals surface area contributed by atoms with Crippen molar-refractivity contribution in [2.45, 2.75) is 74.4 Å². The van der Waals surface area contributed by atoms with Crippen molar-refractivity contribution in [3.05, 3.63) is 59.7 Å². The van der Waals surface area contributed by atoms with E-state index < -0.39 is 21.6 Å². The molecule has 0 aliphatic carbocycles. The van der Waals surface area contributed by atoms with Gasteiger partial charge in [-0.15, -0.1) is 0 Å². The summed E-state index contributed by atoms with van der Waals surface area (Å²) in [5.74, 6) is -0.691. The van der Waals surface area contributed by atoms with E-state index in [0.717, 1.165) is 5.56 Å². The molecule has 7 heteroatoms. The number of rotatable bonds is 3. The van der Waals surface area contributed by atoms with Gasteiger partial charge in [0.2, 0.25) is 16.0 Å². The Kier molecular flexibility index (Phi) is 4.83. The van der Waals surface area contributed by atoms with Gasteiger partial charge < -0.3 is 5.11 Å². The average molecular weight is 419 g/mol. The Hall–Kier alpha value is -1.83. The average Bonchev–Trinajstić information content (AvgIpc) is 2.95. The third-order valence-corrected chi connectivity index (χ3v) is 8.27. The van der Waals surface area contributed by atoms with Gasteiger partial charge in [-0.25, -0.2) is 13.4 Å². The first-order valence-corrected chi connectivity index (χ1v) is 11.4. The van der Waals surface area contributed by atoms with Crippen LogP contribution in [0.25, 0.3) is 0 Å². The number of benzene rings is 1. The molecule has 1 N–H and O–H groups in total. The molecule has 0 amide bonds. The smallest absolute Gasteiger partial charge is 0.243 e. The second-order valence-corrected chi connectivity index (χ2v) is 11.1. The number of pyridine rings is 1. The topological polar surface area (TPSA) is 70.5 Å². The van der Waals surface area contributed by atoms with Gasteiger partial charge in [0.1, 0.15) is 0 Å². The summed E-state index contributed by atoms with van der Waals surface area (Å²) < 4.78 is 42.5. The van der Waals surface area contributed by atoms with Crippen LogP contribution in [0, 0.1) is 5.95 Å². The number of nitrogens with zero attached hydrogens (tertiary/aromatic N) is 2. The first kappa shape index (κ1) is 20.4. The highest BCUT2D eigenvalue weighted by Gasteiger charge is 2.53. The Labute approximate surface area is 171 Å². The SMILES string of the molecule is CC(C)(C)c1ccc(S(=O)(=O)N2C3CCC2CC(O)(c2cccnc2F)C3)cc1. The summed E-state index contributed by atoms with van der Waals surface area (Å²) in [7, 11) is -3.69. The van der Waals surface area contributed by atoms with E-state index in [1.165, 1.54) is 12.3 Å². The summed E-state index contributed by atoms with van der Waals surface area (Å²) in [6.45, 7) is 6.25. The number of fused-ring (bicyclic) bond motifs is 2. The Morgan fingerprint density at radius 3 is 2.21 bits per heavy atom. The minimum absolute atomic E-state index is 0.0588. The maximum absolute atomic E-state index is 14.2. The van der Waals surface area contributed by atoms with Gasteiger partial charge in [-0.05, 0) is 54.9 Å². The van der Waals surface area contributed by atoms with Gasteiger partial charge in [-0.2, -0.15) is 8.70 Å². The summed E-state index contributed by atoms with van der Waals surface area (Å²) in [6.07, 6.45) is 3.01. The quantitative estimate of drug-likeness (QED) is 0.772. The number of sulfonamides is 1. The van der Waals surface area contributed by atoms with E-state index in [2.05, 4.69) is 25.8 Å². The number of hydrogen-bond acceptors (Lipinski definition) is 4. The van der Waals surface area contributed by atoms with Gasteiger partial charge in [0.25, 0.3) is 0 Å². The second kappa shape index (κ2) is 6.86. The van der Waals surface area contributed by atoms with Crippen LogP contribution in [-0.2, 0) is 21.0 Å². The summed E-state index contributed by atoms with van der Waals surface area (Å²) in [6, 6.07) is 9.47. The van der Waals surface area contributed by atoms with Crippen LogP contribution < -0.4 is 0 Å². The number of aromatic nitrogens is 1. The molecule has 0 spiro atoms. The zero-order valence-corrected chi connectivity index (χ0v) is 17.8. The van der Waals surface area contributed by atoms with Crippen molar-refractivity contribution >= 4 is 10.0 Å². The van der Waals surface area contributed by atoms with E-state index >= 15 is 0 Å². The third-order valence-electron chi connectivity index (χ3n) is 6.26. The Morgan fingerprint density at radius 1 is 1.10 bits per heavy atom. The number of halogens is 1. The van der Waals surface area contributed by atoms with Crippen LogP contribution in [0.3, 0.4) is 0 Å². The van der Waals surface area contributed by atoms with Crippen LogP contribution in [0.2, 0.25) is 0 Å². The molecule has 2 saturated heterocycles. The van der Waals surface area contributed by atoms with E-state index in [4.69, 9.17) is 0 Å².